The number of nitrogens with one attached hydrogen (secondary N) is 2. The first kappa shape index (κ1) is 17.0. The third kappa shape index (κ3) is 3.64. The van der Waals surface area contributed by atoms with E-state index in [1.807, 2.05) is 12.1 Å². The Labute approximate surface area is 146 Å². The summed E-state index contributed by atoms with van der Waals surface area (Å²) in [6.45, 7) is 1.55. The number of aliphatic hydroxyl groups is 1. The standard InChI is InChI=1S/C15H16N6O3S/c1-8(23)17-9-2-4-10(5-3-9)25-15-18-11-12(21(15)6-7-22)19-14(16)20-13(11)24/h2-5,22H,6-7H2,1H3,(H,17,23)(H3,16,19,20,24). The number of hydrogen-bond acceptors (Lipinski definition) is 7. The van der Waals surface area contributed by atoms with Gasteiger partial charge in [-0.2, -0.15) is 4.98 Å². The van der Waals surface area contributed by atoms with Crippen molar-refractivity contribution in [1.29, 1.82) is 0 Å². The Balaban J connectivity index is 1.97. The van der Waals surface area contributed by atoms with E-state index in [4.69, 9.17) is 5.73 Å². The normalized spacial score (nSPS) is 11.0. The molecule has 0 unspecified atom stereocenters. The molecular weight excluding hydrogens is 344 g/mol. The Morgan fingerprint density at radius 3 is 2.72 bits per heavy atom. The first-order valence-corrected chi connectivity index (χ1v) is 8.22. The number of amides is 1. The van der Waals surface area contributed by atoms with E-state index in [9.17, 15) is 14.7 Å². The van der Waals surface area contributed by atoms with Crippen molar-refractivity contribution in [2.24, 2.45) is 0 Å². The van der Waals surface area contributed by atoms with Gasteiger partial charge >= 0.3 is 0 Å². The van der Waals surface area contributed by atoms with Gasteiger partial charge in [-0.05, 0) is 24.3 Å². The van der Waals surface area contributed by atoms with E-state index in [0.717, 1.165) is 4.90 Å². The lowest BCUT2D eigenvalue weighted by Crippen LogP contribution is -2.12. The number of aromatic nitrogens is 4. The van der Waals surface area contributed by atoms with E-state index >= 15 is 0 Å². The number of nitrogens with zero attached hydrogens (tertiary/aromatic N) is 3. The summed E-state index contributed by atoms with van der Waals surface area (Å²) >= 11 is 1.32. The first-order valence-electron chi connectivity index (χ1n) is 7.40. The van der Waals surface area contributed by atoms with Crippen LogP contribution in [-0.2, 0) is 11.3 Å². The molecule has 0 atom stereocenters. The van der Waals surface area contributed by atoms with Gasteiger partial charge in [-0.1, -0.05) is 11.8 Å². The third-order valence-electron chi connectivity index (χ3n) is 3.30. The lowest BCUT2D eigenvalue weighted by atomic mass is 10.3. The fourth-order valence-corrected chi connectivity index (χ4v) is 3.21. The van der Waals surface area contributed by atoms with Crippen LogP contribution in [0.15, 0.2) is 39.1 Å². The predicted molar refractivity (Wildman–Crippen MR) is 94.5 cm³/mol. The summed E-state index contributed by atoms with van der Waals surface area (Å²) in [5.74, 6) is -0.152. The van der Waals surface area contributed by atoms with E-state index in [-0.39, 0.29) is 30.5 Å². The fourth-order valence-electron chi connectivity index (χ4n) is 2.30. The molecule has 0 saturated heterocycles. The zero-order chi connectivity index (χ0) is 18.0. The minimum absolute atomic E-state index is 0.00667. The average molecular weight is 360 g/mol. The van der Waals surface area contributed by atoms with Gasteiger partial charge in [0.2, 0.25) is 11.9 Å². The van der Waals surface area contributed by atoms with Gasteiger partial charge < -0.3 is 20.7 Å². The van der Waals surface area contributed by atoms with Gasteiger partial charge in [-0.3, -0.25) is 14.6 Å². The van der Waals surface area contributed by atoms with E-state index < -0.39 is 5.56 Å². The molecule has 2 aromatic heterocycles. The molecule has 25 heavy (non-hydrogen) atoms. The molecule has 1 aromatic carbocycles. The minimum atomic E-state index is -0.429. The number of nitrogen functional groups attached to an aromatic ring is 1. The van der Waals surface area contributed by atoms with Gasteiger partial charge in [0.1, 0.15) is 0 Å². The van der Waals surface area contributed by atoms with Crippen LogP contribution in [0.3, 0.4) is 0 Å². The molecule has 0 radical (unpaired) electrons. The summed E-state index contributed by atoms with van der Waals surface area (Å²) in [5.41, 5.74) is 6.35. The van der Waals surface area contributed by atoms with E-state index in [0.29, 0.717) is 16.5 Å². The molecule has 2 heterocycles. The second-order valence-corrected chi connectivity index (χ2v) is 6.24. The number of H-pyrrole nitrogens is 1. The van der Waals surface area contributed by atoms with Crippen molar-refractivity contribution >= 4 is 40.5 Å². The van der Waals surface area contributed by atoms with Crippen molar-refractivity contribution < 1.29 is 9.90 Å². The molecule has 3 aromatic rings. The van der Waals surface area contributed by atoms with Crippen LogP contribution in [0.5, 0.6) is 0 Å². The van der Waals surface area contributed by atoms with Gasteiger partial charge in [0.25, 0.3) is 5.56 Å². The Morgan fingerprint density at radius 1 is 1.36 bits per heavy atom. The second kappa shape index (κ2) is 6.95. The number of benzene rings is 1. The van der Waals surface area contributed by atoms with E-state index in [1.54, 1.807) is 16.7 Å². The van der Waals surface area contributed by atoms with Crippen LogP contribution >= 0.6 is 11.8 Å². The zero-order valence-electron chi connectivity index (χ0n) is 13.3. The molecule has 0 aliphatic heterocycles. The lowest BCUT2D eigenvalue weighted by Gasteiger charge is -2.07. The fraction of sp³-hybridized carbons (Fsp3) is 0.200. The molecule has 10 heteroatoms. The third-order valence-corrected chi connectivity index (χ3v) is 4.30. The maximum absolute atomic E-state index is 12.0. The number of aliphatic hydroxyl groups excluding tert-OH is 1. The molecule has 130 valence electrons. The quantitative estimate of drug-likeness (QED) is 0.528. The SMILES string of the molecule is CC(=O)Nc1ccc(Sc2nc3c(=O)[nH]c(N)nc3n2CCO)cc1. The van der Waals surface area contributed by atoms with Crippen LogP contribution in [-0.4, -0.2) is 37.1 Å². The molecule has 1 amide bonds. The predicted octanol–water partition coefficient (Wildman–Crippen LogP) is 0.804. The largest absolute Gasteiger partial charge is 0.395 e. The Morgan fingerprint density at radius 2 is 2.08 bits per heavy atom. The van der Waals surface area contributed by atoms with Crippen molar-refractivity contribution in [3.63, 3.8) is 0 Å². The Bertz CT molecular complexity index is 979. The smallest absolute Gasteiger partial charge is 0.280 e. The number of aromatic amines is 1. The zero-order valence-corrected chi connectivity index (χ0v) is 14.1. The van der Waals surface area contributed by atoms with Gasteiger partial charge in [0.05, 0.1) is 6.61 Å². The lowest BCUT2D eigenvalue weighted by molar-refractivity contribution is -0.114. The van der Waals surface area contributed by atoms with Crippen molar-refractivity contribution in [1.82, 2.24) is 19.5 Å². The molecule has 0 spiro atoms. The maximum atomic E-state index is 12.0. The summed E-state index contributed by atoms with van der Waals surface area (Å²) < 4.78 is 1.65. The highest BCUT2D eigenvalue weighted by Gasteiger charge is 2.16. The van der Waals surface area contributed by atoms with Gasteiger partial charge in [0.15, 0.2) is 16.3 Å². The highest BCUT2D eigenvalue weighted by atomic mass is 32.2. The van der Waals surface area contributed by atoms with Crippen molar-refractivity contribution in [3.05, 3.63) is 34.6 Å². The number of hydrogen-bond donors (Lipinski definition) is 4. The Hall–Kier alpha value is -2.85. The van der Waals surface area contributed by atoms with E-state index in [2.05, 4.69) is 20.3 Å². The van der Waals surface area contributed by atoms with Gasteiger partial charge in [-0.15, -0.1) is 0 Å². The highest BCUT2D eigenvalue weighted by molar-refractivity contribution is 7.99. The van der Waals surface area contributed by atoms with Gasteiger partial charge in [-0.25, -0.2) is 4.98 Å². The summed E-state index contributed by atoms with van der Waals surface area (Å²) in [6.07, 6.45) is 0. The van der Waals surface area contributed by atoms with Crippen molar-refractivity contribution in [3.8, 4) is 0 Å². The molecule has 5 N–H and O–H groups in total. The number of rotatable bonds is 5. The summed E-state index contributed by atoms with van der Waals surface area (Å²) in [7, 11) is 0. The number of carbonyl (C=O) groups excluding carboxylic acids is 1. The Kier molecular flexibility index (Phi) is 4.72. The number of imidazole rings is 1. The monoisotopic (exact) mass is 360 g/mol. The topological polar surface area (TPSA) is 139 Å². The van der Waals surface area contributed by atoms with Gasteiger partial charge in [0, 0.05) is 24.1 Å². The molecule has 0 fully saturated rings. The van der Waals surface area contributed by atoms with Crippen LogP contribution < -0.4 is 16.6 Å². The molecule has 3 rings (SSSR count). The van der Waals surface area contributed by atoms with Crippen LogP contribution in [0.1, 0.15) is 6.92 Å². The minimum Gasteiger partial charge on any atom is -0.395 e. The summed E-state index contributed by atoms with van der Waals surface area (Å²) in [5, 5.41) is 12.5. The van der Waals surface area contributed by atoms with Crippen LogP contribution in [0.4, 0.5) is 11.6 Å². The number of carbonyl (C=O) groups is 1. The molecule has 9 nitrogen and oxygen atoms in total. The summed E-state index contributed by atoms with van der Waals surface area (Å²) in [4.78, 5) is 34.8. The second-order valence-electron chi connectivity index (χ2n) is 5.20. The van der Waals surface area contributed by atoms with Crippen molar-refractivity contribution in [2.45, 2.75) is 23.5 Å². The average Bonchev–Trinajstić information content (AvgIpc) is 2.87. The van der Waals surface area contributed by atoms with E-state index in [1.165, 1.54) is 18.7 Å². The molecule has 0 aliphatic carbocycles. The molecule has 0 saturated carbocycles. The first-order chi connectivity index (χ1) is 12.0. The molecule has 0 aliphatic rings. The number of fused-ring (bicyclic) bond motifs is 1. The number of nitrogens with two attached hydrogens (primary N) is 1. The van der Waals surface area contributed by atoms with Crippen LogP contribution in [0, 0.1) is 0 Å². The molecule has 0 bridgehead atoms. The highest BCUT2D eigenvalue weighted by Crippen LogP contribution is 2.29. The summed E-state index contributed by atoms with van der Waals surface area (Å²) in [6, 6.07) is 7.19. The maximum Gasteiger partial charge on any atom is 0.280 e. The number of anilines is 2. The molecular formula is C15H16N6O3S. The van der Waals surface area contributed by atoms with Crippen LogP contribution in [0.25, 0.3) is 11.2 Å². The van der Waals surface area contributed by atoms with Crippen LogP contribution in [0.2, 0.25) is 0 Å². The van der Waals surface area contributed by atoms with Crippen molar-refractivity contribution in [2.75, 3.05) is 17.7 Å².